The van der Waals surface area contributed by atoms with Crippen LogP contribution in [-0.2, 0) is 25.9 Å². The van der Waals surface area contributed by atoms with Crippen molar-refractivity contribution in [1.82, 2.24) is 19.3 Å². The first kappa shape index (κ1) is 14.4. The van der Waals surface area contributed by atoms with Gasteiger partial charge in [0.1, 0.15) is 11.3 Å². The van der Waals surface area contributed by atoms with E-state index in [1.807, 2.05) is 11.7 Å². The molecule has 5 heteroatoms. The van der Waals surface area contributed by atoms with E-state index in [-0.39, 0.29) is 0 Å². The van der Waals surface area contributed by atoms with Crippen LogP contribution in [0.4, 0.5) is 0 Å². The lowest BCUT2D eigenvalue weighted by molar-refractivity contribution is 0.584. The molecule has 0 unspecified atom stereocenters. The summed E-state index contributed by atoms with van der Waals surface area (Å²) in [5, 5.41) is 4.59. The Kier molecular flexibility index (Phi) is 4.86. The van der Waals surface area contributed by atoms with Crippen molar-refractivity contribution in [3.05, 3.63) is 11.5 Å². The SMILES string of the molecule is CCCCCn1c(CCl)nc2c(CCC)nn(C)c21. The molecule has 0 atom stereocenters. The fourth-order valence-corrected chi connectivity index (χ4v) is 2.75. The Morgan fingerprint density at radius 1 is 1.16 bits per heavy atom. The highest BCUT2D eigenvalue weighted by molar-refractivity contribution is 6.16. The number of aromatic nitrogens is 4. The van der Waals surface area contributed by atoms with E-state index in [1.165, 1.54) is 19.3 Å². The average molecular weight is 283 g/mol. The van der Waals surface area contributed by atoms with Crippen molar-refractivity contribution in [3.8, 4) is 0 Å². The van der Waals surface area contributed by atoms with E-state index in [0.717, 1.165) is 42.1 Å². The number of unbranched alkanes of at least 4 members (excludes halogenated alkanes) is 2. The van der Waals surface area contributed by atoms with Crippen molar-refractivity contribution in [2.75, 3.05) is 0 Å². The Morgan fingerprint density at radius 2 is 1.95 bits per heavy atom. The molecule has 0 spiro atoms. The van der Waals surface area contributed by atoms with Gasteiger partial charge in [0.05, 0.1) is 11.6 Å². The molecule has 0 radical (unpaired) electrons. The topological polar surface area (TPSA) is 35.6 Å². The fourth-order valence-electron chi connectivity index (χ4n) is 2.55. The predicted octanol–water partition coefficient (Wildman–Crippen LogP) is 3.65. The number of halogens is 1. The summed E-state index contributed by atoms with van der Waals surface area (Å²) in [4.78, 5) is 4.70. The minimum absolute atomic E-state index is 0.465. The quantitative estimate of drug-likeness (QED) is 0.574. The Bertz CT molecular complexity index is 541. The van der Waals surface area contributed by atoms with Crippen molar-refractivity contribution < 1.29 is 0 Å². The molecule has 0 aliphatic carbocycles. The number of hydrogen-bond acceptors (Lipinski definition) is 2. The van der Waals surface area contributed by atoms with Gasteiger partial charge in [-0.2, -0.15) is 5.10 Å². The van der Waals surface area contributed by atoms with Gasteiger partial charge in [-0.3, -0.25) is 4.68 Å². The minimum Gasteiger partial charge on any atom is -0.312 e. The number of fused-ring (bicyclic) bond motifs is 1. The molecule has 0 N–H and O–H groups in total. The normalized spacial score (nSPS) is 11.6. The molecular weight excluding hydrogens is 260 g/mol. The second-order valence-corrected chi connectivity index (χ2v) is 5.28. The number of nitrogens with zero attached hydrogens (tertiary/aromatic N) is 4. The molecule has 19 heavy (non-hydrogen) atoms. The van der Waals surface area contributed by atoms with E-state index in [4.69, 9.17) is 16.6 Å². The van der Waals surface area contributed by atoms with Gasteiger partial charge in [0.2, 0.25) is 0 Å². The Hall–Kier alpha value is -1.03. The van der Waals surface area contributed by atoms with Crippen LogP contribution in [0.25, 0.3) is 11.2 Å². The second-order valence-electron chi connectivity index (χ2n) is 5.01. The lowest BCUT2D eigenvalue weighted by Gasteiger charge is -2.07. The van der Waals surface area contributed by atoms with Gasteiger partial charge >= 0.3 is 0 Å². The molecule has 0 amide bonds. The van der Waals surface area contributed by atoms with E-state index < -0.39 is 0 Å². The summed E-state index contributed by atoms with van der Waals surface area (Å²) in [6.45, 7) is 5.37. The maximum atomic E-state index is 6.04. The largest absolute Gasteiger partial charge is 0.312 e. The number of hydrogen-bond donors (Lipinski definition) is 0. The smallest absolute Gasteiger partial charge is 0.158 e. The maximum absolute atomic E-state index is 6.04. The molecule has 0 aliphatic rings. The van der Waals surface area contributed by atoms with Crippen molar-refractivity contribution in [2.24, 2.45) is 7.05 Å². The first-order chi connectivity index (χ1) is 9.22. The van der Waals surface area contributed by atoms with Gasteiger partial charge in [-0.15, -0.1) is 11.6 Å². The lowest BCUT2D eigenvalue weighted by Crippen LogP contribution is -2.06. The van der Waals surface area contributed by atoms with Crippen molar-refractivity contribution in [3.63, 3.8) is 0 Å². The summed E-state index contributed by atoms with van der Waals surface area (Å²) in [5.41, 5.74) is 3.26. The first-order valence-corrected chi connectivity index (χ1v) is 7.73. The number of aryl methyl sites for hydroxylation is 3. The minimum atomic E-state index is 0.465. The average Bonchev–Trinajstić information content (AvgIpc) is 2.90. The van der Waals surface area contributed by atoms with Crippen molar-refractivity contribution >= 4 is 22.8 Å². The van der Waals surface area contributed by atoms with E-state index in [0.29, 0.717) is 5.88 Å². The number of imidazole rings is 1. The van der Waals surface area contributed by atoms with Crippen LogP contribution in [0.5, 0.6) is 0 Å². The van der Waals surface area contributed by atoms with Crippen LogP contribution in [-0.4, -0.2) is 19.3 Å². The summed E-state index contributed by atoms with van der Waals surface area (Å²) in [5.74, 6) is 1.44. The molecule has 0 saturated heterocycles. The fraction of sp³-hybridized carbons (Fsp3) is 0.714. The number of rotatable bonds is 7. The van der Waals surface area contributed by atoms with E-state index >= 15 is 0 Å². The van der Waals surface area contributed by atoms with Crippen LogP contribution in [0.2, 0.25) is 0 Å². The van der Waals surface area contributed by atoms with Crippen molar-refractivity contribution in [1.29, 1.82) is 0 Å². The molecule has 2 rings (SSSR count). The summed E-state index contributed by atoms with van der Waals surface area (Å²) in [7, 11) is 2.00. The third kappa shape index (κ3) is 2.78. The van der Waals surface area contributed by atoms with Crippen LogP contribution >= 0.6 is 11.6 Å². The molecule has 0 fully saturated rings. The van der Waals surface area contributed by atoms with E-state index in [2.05, 4.69) is 23.5 Å². The third-order valence-corrected chi connectivity index (χ3v) is 3.70. The van der Waals surface area contributed by atoms with Gasteiger partial charge < -0.3 is 4.57 Å². The number of alkyl halides is 1. The van der Waals surface area contributed by atoms with Crippen LogP contribution in [0, 0.1) is 0 Å². The summed E-state index contributed by atoms with van der Waals surface area (Å²) < 4.78 is 4.19. The third-order valence-electron chi connectivity index (χ3n) is 3.46. The Morgan fingerprint density at radius 3 is 2.58 bits per heavy atom. The first-order valence-electron chi connectivity index (χ1n) is 7.19. The van der Waals surface area contributed by atoms with Crippen LogP contribution in [0.1, 0.15) is 51.0 Å². The molecule has 0 aromatic carbocycles. The Labute approximate surface area is 119 Å². The Balaban J connectivity index is 2.41. The van der Waals surface area contributed by atoms with Crippen molar-refractivity contribution in [2.45, 2.75) is 58.4 Å². The molecule has 0 bridgehead atoms. The van der Waals surface area contributed by atoms with Gasteiger partial charge in [0, 0.05) is 13.6 Å². The molecular formula is C14H23ClN4. The standard InChI is InChI=1S/C14H23ClN4/c1-4-6-7-9-19-12(10-15)16-13-11(8-5-2)17-18(3)14(13)19/h4-10H2,1-3H3. The van der Waals surface area contributed by atoms with Gasteiger partial charge in [0.25, 0.3) is 0 Å². The molecule has 106 valence electrons. The molecule has 0 aliphatic heterocycles. The van der Waals surface area contributed by atoms with Crippen LogP contribution < -0.4 is 0 Å². The predicted molar refractivity (Wildman–Crippen MR) is 79.6 cm³/mol. The van der Waals surface area contributed by atoms with Gasteiger partial charge in [-0.25, -0.2) is 4.98 Å². The summed E-state index contributed by atoms with van der Waals surface area (Å²) in [6.07, 6.45) is 5.69. The zero-order valence-electron chi connectivity index (χ0n) is 12.1. The van der Waals surface area contributed by atoms with Gasteiger partial charge in [-0.05, 0) is 12.8 Å². The second kappa shape index (κ2) is 6.42. The zero-order valence-corrected chi connectivity index (χ0v) is 12.9. The summed E-state index contributed by atoms with van der Waals surface area (Å²) in [6, 6.07) is 0. The molecule has 0 saturated carbocycles. The highest BCUT2D eigenvalue weighted by atomic mass is 35.5. The van der Waals surface area contributed by atoms with Gasteiger partial charge in [-0.1, -0.05) is 33.1 Å². The van der Waals surface area contributed by atoms with Crippen LogP contribution in [0.15, 0.2) is 0 Å². The van der Waals surface area contributed by atoms with E-state index in [9.17, 15) is 0 Å². The maximum Gasteiger partial charge on any atom is 0.158 e. The van der Waals surface area contributed by atoms with Gasteiger partial charge in [0.15, 0.2) is 5.65 Å². The highest BCUT2D eigenvalue weighted by Crippen LogP contribution is 2.22. The molecule has 2 heterocycles. The molecule has 4 nitrogen and oxygen atoms in total. The molecule has 2 aromatic heterocycles. The molecule has 2 aromatic rings. The summed E-state index contributed by atoms with van der Waals surface area (Å²) >= 11 is 6.04. The highest BCUT2D eigenvalue weighted by Gasteiger charge is 2.17. The lowest BCUT2D eigenvalue weighted by atomic mass is 10.2. The monoisotopic (exact) mass is 282 g/mol. The van der Waals surface area contributed by atoms with Crippen LogP contribution in [0.3, 0.4) is 0 Å². The zero-order chi connectivity index (χ0) is 13.8. The van der Waals surface area contributed by atoms with E-state index in [1.54, 1.807) is 0 Å².